The molecule has 1 rings (SSSR count). The standard InChI is InChI=1S/C7H14N2O2/c1-7(3-4-10-2)5-9-6(8)11-7/h3-5H2,1-2H3,(H2,8,9). The number of methoxy groups -OCH3 is 1. The van der Waals surface area contributed by atoms with Crippen LogP contribution in [0.1, 0.15) is 13.3 Å². The van der Waals surface area contributed by atoms with E-state index >= 15 is 0 Å². The Labute approximate surface area is 66.4 Å². The molecule has 0 aliphatic carbocycles. The number of rotatable bonds is 3. The maximum Gasteiger partial charge on any atom is 0.282 e. The van der Waals surface area contributed by atoms with Gasteiger partial charge in [0, 0.05) is 13.5 Å². The van der Waals surface area contributed by atoms with Gasteiger partial charge in [-0.05, 0) is 6.92 Å². The molecule has 2 N–H and O–H groups in total. The molecule has 64 valence electrons. The van der Waals surface area contributed by atoms with Crippen molar-refractivity contribution in [2.24, 2.45) is 10.7 Å². The first-order valence-electron chi connectivity index (χ1n) is 3.64. The lowest BCUT2D eigenvalue weighted by atomic mass is 10.0. The van der Waals surface area contributed by atoms with Crippen molar-refractivity contribution >= 4 is 6.02 Å². The Balaban J connectivity index is 2.33. The first-order valence-corrected chi connectivity index (χ1v) is 3.64. The third kappa shape index (κ3) is 2.08. The molecule has 0 saturated heterocycles. The Hall–Kier alpha value is -0.770. The van der Waals surface area contributed by atoms with E-state index < -0.39 is 0 Å². The second-order valence-electron chi connectivity index (χ2n) is 2.95. The number of aliphatic imine (C=N–C) groups is 1. The number of nitrogens with two attached hydrogens (primary N) is 1. The summed E-state index contributed by atoms with van der Waals surface area (Å²) in [6, 6.07) is 0.295. The van der Waals surface area contributed by atoms with Crippen LogP contribution in [0.3, 0.4) is 0 Å². The Morgan fingerprint density at radius 1 is 1.82 bits per heavy atom. The Morgan fingerprint density at radius 2 is 2.55 bits per heavy atom. The van der Waals surface area contributed by atoms with E-state index in [4.69, 9.17) is 15.2 Å². The first kappa shape index (κ1) is 8.33. The summed E-state index contributed by atoms with van der Waals surface area (Å²) in [6.45, 7) is 3.30. The topological polar surface area (TPSA) is 56.8 Å². The summed E-state index contributed by atoms with van der Waals surface area (Å²) >= 11 is 0. The maximum absolute atomic E-state index is 5.37. The Bertz CT molecular complexity index is 170. The van der Waals surface area contributed by atoms with Gasteiger partial charge < -0.3 is 15.2 Å². The van der Waals surface area contributed by atoms with Crippen LogP contribution in [0.15, 0.2) is 4.99 Å². The van der Waals surface area contributed by atoms with Gasteiger partial charge in [0.25, 0.3) is 6.02 Å². The molecular weight excluding hydrogens is 144 g/mol. The van der Waals surface area contributed by atoms with Crippen LogP contribution in [0.25, 0.3) is 0 Å². The average molecular weight is 158 g/mol. The monoisotopic (exact) mass is 158 g/mol. The molecule has 0 fully saturated rings. The molecule has 1 heterocycles. The van der Waals surface area contributed by atoms with E-state index in [9.17, 15) is 0 Å². The molecule has 4 heteroatoms. The van der Waals surface area contributed by atoms with E-state index in [1.807, 2.05) is 6.92 Å². The van der Waals surface area contributed by atoms with Crippen molar-refractivity contribution in [3.63, 3.8) is 0 Å². The number of ether oxygens (including phenoxy) is 2. The second-order valence-corrected chi connectivity index (χ2v) is 2.95. The lowest BCUT2D eigenvalue weighted by Crippen LogP contribution is -2.32. The van der Waals surface area contributed by atoms with Gasteiger partial charge in [-0.3, -0.25) is 0 Å². The van der Waals surface area contributed by atoms with E-state index in [-0.39, 0.29) is 5.60 Å². The fraction of sp³-hybridized carbons (Fsp3) is 0.857. The second kappa shape index (κ2) is 3.09. The highest BCUT2D eigenvalue weighted by molar-refractivity contribution is 5.73. The molecule has 1 aliphatic rings. The summed E-state index contributed by atoms with van der Waals surface area (Å²) in [4.78, 5) is 3.96. The third-order valence-electron chi connectivity index (χ3n) is 1.76. The van der Waals surface area contributed by atoms with Crippen LogP contribution in [0, 0.1) is 0 Å². The zero-order chi connectivity index (χ0) is 8.32. The molecule has 0 radical (unpaired) electrons. The van der Waals surface area contributed by atoms with Gasteiger partial charge in [-0.1, -0.05) is 0 Å². The van der Waals surface area contributed by atoms with Gasteiger partial charge in [0.15, 0.2) is 0 Å². The van der Waals surface area contributed by atoms with Crippen LogP contribution >= 0.6 is 0 Å². The molecule has 1 aliphatic heterocycles. The van der Waals surface area contributed by atoms with Crippen LogP contribution in [-0.2, 0) is 9.47 Å². The molecule has 0 saturated carbocycles. The predicted molar refractivity (Wildman–Crippen MR) is 42.5 cm³/mol. The fourth-order valence-electron chi connectivity index (χ4n) is 1.01. The highest BCUT2D eigenvalue weighted by atomic mass is 16.5. The predicted octanol–water partition coefficient (Wildman–Crippen LogP) is 0.127. The highest BCUT2D eigenvalue weighted by Gasteiger charge is 2.31. The largest absolute Gasteiger partial charge is 0.457 e. The maximum atomic E-state index is 5.37. The quantitative estimate of drug-likeness (QED) is 0.635. The van der Waals surface area contributed by atoms with Crippen LogP contribution in [0.5, 0.6) is 0 Å². The molecule has 1 atom stereocenters. The average Bonchev–Trinajstić information content (AvgIpc) is 2.28. The van der Waals surface area contributed by atoms with Crippen molar-refractivity contribution < 1.29 is 9.47 Å². The third-order valence-corrected chi connectivity index (χ3v) is 1.76. The number of amidine groups is 1. The van der Waals surface area contributed by atoms with Crippen molar-refractivity contribution in [1.29, 1.82) is 0 Å². The fourth-order valence-corrected chi connectivity index (χ4v) is 1.01. The van der Waals surface area contributed by atoms with Gasteiger partial charge in [0.05, 0.1) is 13.2 Å². The van der Waals surface area contributed by atoms with E-state index in [1.54, 1.807) is 7.11 Å². The van der Waals surface area contributed by atoms with Crippen molar-refractivity contribution in [1.82, 2.24) is 0 Å². The van der Waals surface area contributed by atoms with Crippen molar-refractivity contribution in [2.75, 3.05) is 20.3 Å². The summed E-state index contributed by atoms with van der Waals surface area (Å²) in [7, 11) is 1.67. The summed E-state index contributed by atoms with van der Waals surface area (Å²) in [5, 5.41) is 0. The first-order chi connectivity index (χ1) is 5.16. The van der Waals surface area contributed by atoms with Gasteiger partial charge in [0.1, 0.15) is 5.60 Å². The van der Waals surface area contributed by atoms with Gasteiger partial charge in [-0.15, -0.1) is 0 Å². The van der Waals surface area contributed by atoms with E-state index in [0.29, 0.717) is 19.2 Å². The van der Waals surface area contributed by atoms with E-state index in [1.165, 1.54) is 0 Å². The summed E-state index contributed by atoms with van der Waals surface area (Å²) in [5.74, 6) is 0. The zero-order valence-electron chi connectivity index (χ0n) is 6.96. The van der Waals surface area contributed by atoms with Crippen molar-refractivity contribution in [3.05, 3.63) is 0 Å². The Morgan fingerprint density at radius 3 is 3.00 bits per heavy atom. The molecule has 11 heavy (non-hydrogen) atoms. The SMILES string of the molecule is COCCC1(C)CN=C(N)O1. The molecule has 0 aromatic heterocycles. The smallest absolute Gasteiger partial charge is 0.282 e. The van der Waals surface area contributed by atoms with Crippen LogP contribution in [0.2, 0.25) is 0 Å². The van der Waals surface area contributed by atoms with Crippen LogP contribution in [0.4, 0.5) is 0 Å². The lowest BCUT2D eigenvalue weighted by Gasteiger charge is -2.21. The Kier molecular flexibility index (Phi) is 2.34. The van der Waals surface area contributed by atoms with Gasteiger partial charge in [0.2, 0.25) is 0 Å². The molecule has 0 bridgehead atoms. The summed E-state index contributed by atoms with van der Waals surface area (Å²) in [5.41, 5.74) is 5.13. The van der Waals surface area contributed by atoms with Crippen LogP contribution < -0.4 is 5.73 Å². The van der Waals surface area contributed by atoms with Gasteiger partial charge >= 0.3 is 0 Å². The molecule has 1 unspecified atom stereocenters. The summed E-state index contributed by atoms with van der Waals surface area (Å²) < 4.78 is 10.2. The molecule has 4 nitrogen and oxygen atoms in total. The molecular formula is C7H14N2O2. The van der Waals surface area contributed by atoms with Gasteiger partial charge in [-0.25, -0.2) is 4.99 Å². The normalized spacial score (nSPS) is 29.8. The minimum atomic E-state index is -0.236. The number of nitrogens with zero attached hydrogens (tertiary/aromatic N) is 1. The van der Waals surface area contributed by atoms with Crippen molar-refractivity contribution in [2.45, 2.75) is 18.9 Å². The molecule has 0 amide bonds. The number of hydrogen-bond donors (Lipinski definition) is 1. The highest BCUT2D eigenvalue weighted by Crippen LogP contribution is 2.20. The van der Waals surface area contributed by atoms with Crippen molar-refractivity contribution in [3.8, 4) is 0 Å². The minimum absolute atomic E-state index is 0.236. The molecule has 0 aromatic rings. The van der Waals surface area contributed by atoms with E-state index in [2.05, 4.69) is 4.99 Å². The molecule has 0 spiro atoms. The zero-order valence-corrected chi connectivity index (χ0v) is 6.96. The van der Waals surface area contributed by atoms with Crippen LogP contribution in [-0.4, -0.2) is 31.9 Å². The number of hydrogen-bond acceptors (Lipinski definition) is 4. The summed E-state index contributed by atoms with van der Waals surface area (Å²) in [6.07, 6.45) is 0.827. The lowest BCUT2D eigenvalue weighted by molar-refractivity contribution is 0.0604. The van der Waals surface area contributed by atoms with Gasteiger partial charge in [-0.2, -0.15) is 0 Å². The minimum Gasteiger partial charge on any atom is -0.457 e. The van der Waals surface area contributed by atoms with E-state index in [0.717, 1.165) is 6.42 Å². The molecule has 0 aromatic carbocycles.